The van der Waals surface area contributed by atoms with E-state index in [1.807, 2.05) is 11.8 Å². The number of hydrogen-bond acceptors (Lipinski definition) is 2. The minimum atomic E-state index is -0.425. The van der Waals surface area contributed by atoms with Crippen molar-refractivity contribution in [1.29, 1.82) is 0 Å². The maximum Gasteiger partial charge on any atom is 0.229 e. The third kappa shape index (κ3) is 2.18. The Balaban J connectivity index is 1.67. The number of rotatable bonds is 4. The van der Waals surface area contributed by atoms with E-state index < -0.39 is 5.60 Å². The lowest BCUT2D eigenvalue weighted by Gasteiger charge is -2.33. The molecule has 4 rings (SSSR count). The molecular formula is C20H23NO2. The molecule has 3 aliphatic heterocycles. The van der Waals surface area contributed by atoms with E-state index in [9.17, 15) is 4.79 Å². The summed E-state index contributed by atoms with van der Waals surface area (Å²) in [5.41, 5.74) is 3.08. The number of carbonyl (C=O) groups excluding carboxylic acids is 1. The lowest BCUT2D eigenvalue weighted by molar-refractivity contribution is -0.132. The van der Waals surface area contributed by atoms with Gasteiger partial charge in [0, 0.05) is 6.54 Å². The summed E-state index contributed by atoms with van der Waals surface area (Å²) in [6, 6.07) is 8.48. The molecule has 0 aromatic heterocycles. The second-order valence-corrected chi connectivity index (χ2v) is 7.29. The molecule has 2 saturated heterocycles. The highest BCUT2D eigenvalue weighted by Crippen LogP contribution is 2.53. The van der Waals surface area contributed by atoms with E-state index in [4.69, 9.17) is 4.74 Å². The molecule has 120 valence electrons. The van der Waals surface area contributed by atoms with Gasteiger partial charge < -0.3 is 9.64 Å². The van der Waals surface area contributed by atoms with Gasteiger partial charge in [0.1, 0.15) is 5.60 Å². The first-order chi connectivity index (χ1) is 11.0. The Morgan fingerprint density at radius 1 is 1.39 bits per heavy atom. The van der Waals surface area contributed by atoms with Gasteiger partial charge in [0.15, 0.2) is 0 Å². The highest BCUT2D eigenvalue weighted by atomic mass is 16.5. The van der Waals surface area contributed by atoms with Crippen molar-refractivity contribution in [2.24, 2.45) is 5.92 Å². The molecule has 3 heterocycles. The first kappa shape index (κ1) is 14.7. The Bertz CT molecular complexity index is 690. The Kier molecular flexibility index (Phi) is 3.24. The summed E-state index contributed by atoms with van der Waals surface area (Å²) >= 11 is 0. The van der Waals surface area contributed by atoms with Crippen LogP contribution in [0.4, 0.5) is 0 Å². The molecule has 23 heavy (non-hydrogen) atoms. The molecule has 3 heteroatoms. The van der Waals surface area contributed by atoms with Crippen LogP contribution in [0.5, 0.6) is 0 Å². The second-order valence-electron chi connectivity index (χ2n) is 7.29. The molecule has 1 aromatic rings. The molecule has 1 spiro atoms. The van der Waals surface area contributed by atoms with Gasteiger partial charge in [0.2, 0.25) is 5.91 Å². The zero-order valence-electron chi connectivity index (χ0n) is 13.8. The van der Waals surface area contributed by atoms with Crippen molar-refractivity contribution >= 4 is 5.91 Å². The lowest BCUT2D eigenvalue weighted by atomic mass is 9.80. The number of benzene rings is 1. The van der Waals surface area contributed by atoms with E-state index in [2.05, 4.69) is 49.9 Å². The van der Waals surface area contributed by atoms with Crippen LogP contribution in [-0.4, -0.2) is 28.6 Å². The molecule has 2 fully saturated rings. The van der Waals surface area contributed by atoms with Gasteiger partial charge in [-0.1, -0.05) is 47.6 Å². The van der Waals surface area contributed by atoms with Crippen molar-refractivity contribution in [2.75, 3.05) is 0 Å². The fourth-order valence-corrected chi connectivity index (χ4v) is 4.33. The number of carbonyl (C=O) groups is 1. The summed E-state index contributed by atoms with van der Waals surface area (Å²) in [6.07, 6.45) is 6.02. The Morgan fingerprint density at radius 2 is 2.13 bits per heavy atom. The summed E-state index contributed by atoms with van der Waals surface area (Å²) in [4.78, 5) is 15.0. The summed E-state index contributed by atoms with van der Waals surface area (Å²) in [5, 5.41) is 0. The molecule has 0 aliphatic carbocycles. The third-order valence-electron chi connectivity index (χ3n) is 5.43. The van der Waals surface area contributed by atoms with Gasteiger partial charge in [-0.05, 0) is 32.3 Å². The van der Waals surface area contributed by atoms with E-state index in [0.717, 1.165) is 18.4 Å². The number of likely N-dealkylation sites (tertiary alicyclic amines) is 1. The third-order valence-corrected chi connectivity index (χ3v) is 5.43. The largest absolute Gasteiger partial charge is 0.361 e. The van der Waals surface area contributed by atoms with E-state index in [0.29, 0.717) is 6.54 Å². The number of ether oxygens (including phenoxy) is 1. The maximum atomic E-state index is 13.0. The maximum absolute atomic E-state index is 13.0. The fraction of sp³-hybridized carbons (Fsp3) is 0.450. The fourth-order valence-electron chi connectivity index (χ4n) is 4.33. The molecule has 3 nitrogen and oxygen atoms in total. The number of hydrogen-bond donors (Lipinski definition) is 0. The molecule has 0 radical (unpaired) electrons. The average molecular weight is 309 g/mol. The van der Waals surface area contributed by atoms with Gasteiger partial charge in [-0.15, -0.1) is 6.58 Å². The summed E-state index contributed by atoms with van der Waals surface area (Å²) < 4.78 is 6.24. The molecule has 0 N–H and O–H groups in total. The summed E-state index contributed by atoms with van der Waals surface area (Å²) in [7, 11) is 0. The SMILES string of the molecule is C=C(C)C[C@H]1N(Cc2ccc(C)cc2)C(=O)[C@@H]2C[C@H]3C=C[C@]21O3. The number of aryl methyl sites for hydroxylation is 1. The van der Waals surface area contributed by atoms with Crippen molar-refractivity contribution in [3.63, 3.8) is 0 Å². The molecule has 0 saturated carbocycles. The van der Waals surface area contributed by atoms with Gasteiger partial charge in [0.25, 0.3) is 0 Å². The molecule has 2 bridgehead atoms. The van der Waals surface area contributed by atoms with Crippen LogP contribution in [0.25, 0.3) is 0 Å². The zero-order valence-corrected chi connectivity index (χ0v) is 13.8. The molecule has 1 aromatic carbocycles. The Labute approximate surface area is 137 Å². The quantitative estimate of drug-likeness (QED) is 0.798. The van der Waals surface area contributed by atoms with Crippen LogP contribution < -0.4 is 0 Å². The van der Waals surface area contributed by atoms with E-state index in [-0.39, 0.29) is 24.0 Å². The first-order valence-corrected chi connectivity index (χ1v) is 8.37. The van der Waals surface area contributed by atoms with Crippen LogP contribution in [0.3, 0.4) is 0 Å². The van der Waals surface area contributed by atoms with Gasteiger partial charge in [-0.2, -0.15) is 0 Å². The van der Waals surface area contributed by atoms with Crippen LogP contribution in [-0.2, 0) is 16.1 Å². The van der Waals surface area contributed by atoms with Gasteiger partial charge in [-0.25, -0.2) is 0 Å². The Morgan fingerprint density at radius 3 is 2.78 bits per heavy atom. The first-order valence-electron chi connectivity index (χ1n) is 8.37. The van der Waals surface area contributed by atoms with E-state index >= 15 is 0 Å². The number of fused-ring (bicyclic) bond motifs is 1. The van der Waals surface area contributed by atoms with Crippen molar-refractivity contribution in [3.8, 4) is 0 Å². The second kappa shape index (κ2) is 5.07. The molecular weight excluding hydrogens is 286 g/mol. The van der Waals surface area contributed by atoms with Gasteiger partial charge >= 0.3 is 0 Å². The van der Waals surface area contributed by atoms with Gasteiger partial charge in [0.05, 0.1) is 18.1 Å². The van der Waals surface area contributed by atoms with Crippen LogP contribution in [0.2, 0.25) is 0 Å². The van der Waals surface area contributed by atoms with Crippen molar-refractivity contribution in [2.45, 2.75) is 51.0 Å². The smallest absolute Gasteiger partial charge is 0.229 e. The van der Waals surface area contributed by atoms with Crippen molar-refractivity contribution in [3.05, 3.63) is 59.7 Å². The topological polar surface area (TPSA) is 29.5 Å². The highest BCUT2D eigenvalue weighted by Gasteiger charge is 2.65. The molecule has 4 atom stereocenters. The van der Waals surface area contributed by atoms with Crippen LogP contribution in [0, 0.1) is 12.8 Å². The number of amides is 1. The minimum absolute atomic E-state index is 0.0210. The van der Waals surface area contributed by atoms with Crippen molar-refractivity contribution in [1.82, 2.24) is 4.90 Å². The van der Waals surface area contributed by atoms with Crippen LogP contribution >= 0.6 is 0 Å². The van der Waals surface area contributed by atoms with Crippen molar-refractivity contribution < 1.29 is 9.53 Å². The zero-order chi connectivity index (χ0) is 16.2. The summed E-state index contributed by atoms with van der Waals surface area (Å²) in [5.74, 6) is 0.218. The lowest BCUT2D eigenvalue weighted by Crippen LogP contribution is -2.44. The predicted octanol–water partition coefficient (Wildman–Crippen LogP) is 3.39. The predicted molar refractivity (Wildman–Crippen MR) is 89.8 cm³/mol. The number of nitrogens with zero attached hydrogens (tertiary/aromatic N) is 1. The molecule has 1 amide bonds. The Hall–Kier alpha value is -1.87. The van der Waals surface area contributed by atoms with E-state index in [1.54, 1.807) is 0 Å². The van der Waals surface area contributed by atoms with Gasteiger partial charge in [-0.3, -0.25) is 4.79 Å². The average Bonchev–Trinajstić information content (AvgIpc) is 3.15. The normalized spacial score (nSPS) is 34.3. The molecule has 0 unspecified atom stereocenters. The van der Waals surface area contributed by atoms with Crippen LogP contribution in [0.15, 0.2) is 48.6 Å². The standard InChI is InChI=1S/C20H23NO2/c1-13(2)10-18-20-9-8-16(23-20)11-17(20)19(22)21(18)12-15-6-4-14(3)5-7-15/h4-9,16-18H,1,10-12H2,2-3H3/t16-,17+,18-,20+/m1/s1. The summed E-state index contributed by atoms with van der Waals surface area (Å²) in [6.45, 7) is 8.83. The monoisotopic (exact) mass is 309 g/mol. The molecule has 3 aliphatic rings. The minimum Gasteiger partial charge on any atom is -0.361 e. The van der Waals surface area contributed by atoms with E-state index in [1.165, 1.54) is 11.1 Å². The van der Waals surface area contributed by atoms with Crippen LogP contribution in [0.1, 0.15) is 30.9 Å². The highest BCUT2D eigenvalue weighted by molar-refractivity contribution is 5.85.